The van der Waals surface area contributed by atoms with Crippen molar-refractivity contribution < 1.29 is 14.3 Å². The Balaban J connectivity index is 1.92. The predicted molar refractivity (Wildman–Crippen MR) is 86.4 cm³/mol. The summed E-state index contributed by atoms with van der Waals surface area (Å²) in [5.41, 5.74) is 1.76. The SMILES string of the molecule is O=C(NCCSCCO)c1ccc(-c2cccc(F)c2)nc1. The first-order valence-corrected chi connectivity index (χ1v) is 8.05. The Kier molecular flexibility index (Phi) is 6.36. The fourth-order valence-corrected chi connectivity index (χ4v) is 2.43. The largest absolute Gasteiger partial charge is 0.396 e. The normalized spacial score (nSPS) is 10.5. The van der Waals surface area contributed by atoms with Crippen LogP contribution < -0.4 is 5.32 Å². The maximum absolute atomic E-state index is 13.2. The van der Waals surface area contributed by atoms with Crippen LogP contribution in [0, 0.1) is 5.82 Å². The van der Waals surface area contributed by atoms with Crippen LogP contribution in [0.5, 0.6) is 0 Å². The van der Waals surface area contributed by atoms with E-state index in [-0.39, 0.29) is 18.3 Å². The van der Waals surface area contributed by atoms with E-state index in [9.17, 15) is 9.18 Å². The molecule has 0 fully saturated rings. The van der Waals surface area contributed by atoms with Gasteiger partial charge in [-0.1, -0.05) is 12.1 Å². The standard InChI is InChI=1S/C16H17FN2O2S/c17-14-3-1-2-12(10-14)15-5-4-13(11-19-15)16(21)18-6-8-22-9-7-20/h1-5,10-11,20H,6-9H2,(H,18,21). The zero-order chi connectivity index (χ0) is 15.8. The van der Waals surface area contributed by atoms with E-state index >= 15 is 0 Å². The molecule has 4 nitrogen and oxygen atoms in total. The highest BCUT2D eigenvalue weighted by molar-refractivity contribution is 7.99. The molecule has 0 saturated heterocycles. The Morgan fingerprint density at radius 3 is 2.82 bits per heavy atom. The number of hydrogen-bond donors (Lipinski definition) is 2. The van der Waals surface area contributed by atoms with Gasteiger partial charge in [-0.05, 0) is 24.3 Å². The van der Waals surface area contributed by atoms with Crippen molar-refractivity contribution in [2.24, 2.45) is 0 Å². The van der Waals surface area contributed by atoms with E-state index in [2.05, 4.69) is 10.3 Å². The molecule has 2 N–H and O–H groups in total. The molecule has 6 heteroatoms. The monoisotopic (exact) mass is 320 g/mol. The summed E-state index contributed by atoms with van der Waals surface area (Å²) in [5.74, 6) is 0.908. The highest BCUT2D eigenvalue weighted by atomic mass is 32.2. The van der Waals surface area contributed by atoms with Crippen molar-refractivity contribution in [3.05, 3.63) is 54.0 Å². The van der Waals surface area contributed by atoms with Gasteiger partial charge in [0.1, 0.15) is 5.82 Å². The van der Waals surface area contributed by atoms with E-state index < -0.39 is 0 Å². The molecule has 0 radical (unpaired) electrons. The van der Waals surface area contributed by atoms with E-state index in [4.69, 9.17) is 5.11 Å². The molecule has 0 aliphatic heterocycles. The summed E-state index contributed by atoms with van der Waals surface area (Å²) in [4.78, 5) is 16.1. The molecule has 0 saturated carbocycles. The lowest BCUT2D eigenvalue weighted by Gasteiger charge is -2.06. The molecular weight excluding hydrogens is 303 g/mol. The van der Waals surface area contributed by atoms with Crippen LogP contribution in [-0.4, -0.2) is 40.7 Å². The number of thioether (sulfide) groups is 1. The summed E-state index contributed by atoms with van der Waals surface area (Å²) >= 11 is 1.58. The van der Waals surface area contributed by atoms with Crippen molar-refractivity contribution in [1.29, 1.82) is 0 Å². The Hall–Kier alpha value is -1.92. The van der Waals surface area contributed by atoms with Crippen molar-refractivity contribution in [2.75, 3.05) is 24.7 Å². The van der Waals surface area contributed by atoms with Gasteiger partial charge in [0.15, 0.2) is 0 Å². The number of amides is 1. The second-order valence-electron chi connectivity index (χ2n) is 4.53. The number of pyridine rings is 1. The Bertz CT molecular complexity index is 620. The number of carbonyl (C=O) groups excluding carboxylic acids is 1. The average molecular weight is 320 g/mol. The molecular formula is C16H17FN2O2S. The minimum atomic E-state index is -0.318. The van der Waals surface area contributed by atoms with E-state index in [1.54, 1.807) is 36.0 Å². The molecule has 1 aromatic carbocycles. The topological polar surface area (TPSA) is 62.2 Å². The summed E-state index contributed by atoms with van der Waals surface area (Å²) in [7, 11) is 0. The number of nitrogens with zero attached hydrogens (tertiary/aromatic N) is 1. The zero-order valence-corrected chi connectivity index (χ0v) is 12.8. The smallest absolute Gasteiger partial charge is 0.252 e. The number of aromatic nitrogens is 1. The van der Waals surface area contributed by atoms with Crippen molar-refractivity contribution in [3.63, 3.8) is 0 Å². The third kappa shape index (κ3) is 4.82. The Morgan fingerprint density at radius 2 is 2.14 bits per heavy atom. The molecule has 22 heavy (non-hydrogen) atoms. The molecule has 0 spiro atoms. The molecule has 0 atom stereocenters. The molecule has 2 aromatic rings. The number of benzene rings is 1. The van der Waals surface area contributed by atoms with Crippen molar-refractivity contribution in [2.45, 2.75) is 0 Å². The first-order chi connectivity index (χ1) is 10.7. The van der Waals surface area contributed by atoms with Gasteiger partial charge in [0.2, 0.25) is 0 Å². The van der Waals surface area contributed by atoms with Crippen molar-refractivity contribution in [1.82, 2.24) is 10.3 Å². The maximum Gasteiger partial charge on any atom is 0.252 e. The van der Waals surface area contributed by atoms with Crippen LogP contribution in [0.25, 0.3) is 11.3 Å². The van der Waals surface area contributed by atoms with Crippen LogP contribution >= 0.6 is 11.8 Å². The minimum Gasteiger partial charge on any atom is -0.396 e. The van der Waals surface area contributed by atoms with Crippen molar-refractivity contribution in [3.8, 4) is 11.3 Å². The van der Waals surface area contributed by atoms with Crippen LogP contribution in [-0.2, 0) is 0 Å². The van der Waals surface area contributed by atoms with Crippen molar-refractivity contribution >= 4 is 17.7 Å². The molecule has 0 unspecified atom stereocenters. The van der Waals surface area contributed by atoms with Crippen LogP contribution in [0.2, 0.25) is 0 Å². The van der Waals surface area contributed by atoms with E-state index in [1.807, 2.05) is 0 Å². The van der Waals surface area contributed by atoms with E-state index in [1.165, 1.54) is 18.3 Å². The van der Waals surface area contributed by atoms with E-state index in [0.29, 0.717) is 29.1 Å². The van der Waals surface area contributed by atoms with Gasteiger partial charge in [-0.25, -0.2) is 4.39 Å². The fraction of sp³-hybridized carbons (Fsp3) is 0.250. The molecule has 0 bridgehead atoms. The third-order valence-corrected chi connectivity index (χ3v) is 3.88. The van der Waals surface area contributed by atoms with Crippen LogP contribution in [0.15, 0.2) is 42.6 Å². The molecule has 1 heterocycles. The molecule has 1 aromatic heterocycles. The fourth-order valence-electron chi connectivity index (χ4n) is 1.85. The number of rotatable bonds is 7. The number of carbonyl (C=O) groups is 1. The first-order valence-electron chi connectivity index (χ1n) is 6.89. The third-order valence-electron chi connectivity index (χ3n) is 2.91. The minimum absolute atomic E-state index is 0.143. The highest BCUT2D eigenvalue weighted by Crippen LogP contribution is 2.17. The Labute approximate surface area is 132 Å². The quantitative estimate of drug-likeness (QED) is 0.769. The summed E-state index contributed by atoms with van der Waals surface area (Å²) in [5, 5.41) is 11.4. The van der Waals surface area contributed by atoms with Gasteiger partial charge in [0.25, 0.3) is 5.91 Å². The summed E-state index contributed by atoms with van der Waals surface area (Å²) in [6.45, 7) is 0.680. The number of hydrogen-bond acceptors (Lipinski definition) is 4. The zero-order valence-electron chi connectivity index (χ0n) is 12.0. The van der Waals surface area contributed by atoms with Crippen LogP contribution in [0.4, 0.5) is 4.39 Å². The summed E-state index contributed by atoms with van der Waals surface area (Å²) in [6.07, 6.45) is 1.48. The Morgan fingerprint density at radius 1 is 1.27 bits per heavy atom. The maximum atomic E-state index is 13.2. The van der Waals surface area contributed by atoms with Gasteiger partial charge in [0.05, 0.1) is 17.9 Å². The summed E-state index contributed by atoms with van der Waals surface area (Å²) < 4.78 is 13.2. The number of nitrogens with one attached hydrogen (secondary N) is 1. The van der Waals surface area contributed by atoms with Crippen LogP contribution in [0.1, 0.15) is 10.4 Å². The lowest BCUT2D eigenvalue weighted by Crippen LogP contribution is -2.26. The van der Waals surface area contributed by atoms with Gasteiger partial charge in [0, 0.05) is 29.8 Å². The van der Waals surface area contributed by atoms with Gasteiger partial charge >= 0.3 is 0 Å². The molecule has 2 rings (SSSR count). The van der Waals surface area contributed by atoms with E-state index in [0.717, 1.165) is 5.75 Å². The number of aliphatic hydroxyl groups is 1. The number of aliphatic hydroxyl groups excluding tert-OH is 1. The average Bonchev–Trinajstić information content (AvgIpc) is 2.54. The van der Waals surface area contributed by atoms with Gasteiger partial charge in [-0.15, -0.1) is 0 Å². The molecule has 0 aliphatic carbocycles. The van der Waals surface area contributed by atoms with Gasteiger partial charge in [-0.3, -0.25) is 9.78 Å². The summed E-state index contributed by atoms with van der Waals surface area (Å²) in [6, 6.07) is 9.54. The van der Waals surface area contributed by atoms with Gasteiger partial charge < -0.3 is 10.4 Å². The highest BCUT2D eigenvalue weighted by Gasteiger charge is 2.07. The second-order valence-corrected chi connectivity index (χ2v) is 5.76. The number of halogens is 1. The van der Waals surface area contributed by atoms with Crippen LogP contribution in [0.3, 0.4) is 0 Å². The van der Waals surface area contributed by atoms with Gasteiger partial charge in [-0.2, -0.15) is 11.8 Å². The molecule has 116 valence electrons. The predicted octanol–water partition coefficient (Wildman–Crippen LogP) is 2.34. The molecule has 1 amide bonds. The lowest BCUT2D eigenvalue weighted by atomic mass is 10.1. The second kappa shape index (κ2) is 8.51. The lowest BCUT2D eigenvalue weighted by molar-refractivity contribution is 0.0956. The first kappa shape index (κ1) is 16.5. The molecule has 0 aliphatic rings.